The number of rotatable bonds is 1. The predicted molar refractivity (Wildman–Crippen MR) is 102 cm³/mol. The highest BCUT2D eigenvalue weighted by Gasteiger charge is 2.25. The van der Waals surface area contributed by atoms with E-state index in [1.54, 1.807) is 24.3 Å². The third kappa shape index (κ3) is 2.99. The van der Waals surface area contributed by atoms with Crippen molar-refractivity contribution in [3.63, 3.8) is 0 Å². The highest BCUT2D eigenvalue weighted by molar-refractivity contribution is 6.30. The second kappa shape index (κ2) is 6.26. The smallest absolute Gasteiger partial charge is 0.258 e. The van der Waals surface area contributed by atoms with Gasteiger partial charge in [0.1, 0.15) is 0 Å². The number of benzene rings is 3. The predicted octanol–water partition coefficient (Wildman–Crippen LogP) is 4.67. The molecule has 0 saturated heterocycles. The molecule has 0 bridgehead atoms. The van der Waals surface area contributed by atoms with Crippen LogP contribution >= 0.6 is 11.6 Å². The molecule has 1 heterocycles. The van der Waals surface area contributed by atoms with Crippen LogP contribution in [0.25, 0.3) is 0 Å². The van der Waals surface area contributed by atoms with Crippen LogP contribution in [0.4, 0.5) is 11.4 Å². The minimum Gasteiger partial charge on any atom is -0.399 e. The highest BCUT2D eigenvalue weighted by atomic mass is 35.5. The molecule has 0 fully saturated rings. The summed E-state index contributed by atoms with van der Waals surface area (Å²) in [6.45, 7) is 0.536. The van der Waals surface area contributed by atoms with Gasteiger partial charge in [-0.3, -0.25) is 4.79 Å². The monoisotopic (exact) mass is 348 g/mol. The molecule has 4 rings (SSSR count). The fraction of sp³-hybridized carbons (Fsp3) is 0.0952. The molecule has 25 heavy (non-hydrogen) atoms. The topological polar surface area (TPSA) is 46.3 Å². The minimum atomic E-state index is -0.0414. The molecule has 1 aliphatic rings. The molecule has 0 aromatic heterocycles. The zero-order chi connectivity index (χ0) is 17.4. The van der Waals surface area contributed by atoms with Crippen LogP contribution in [0, 0.1) is 0 Å². The van der Waals surface area contributed by atoms with E-state index in [1.807, 2.05) is 35.2 Å². The lowest BCUT2D eigenvalue weighted by atomic mass is 10.0. The van der Waals surface area contributed by atoms with Gasteiger partial charge in [-0.2, -0.15) is 0 Å². The molecule has 1 amide bonds. The Bertz CT molecular complexity index is 950. The van der Waals surface area contributed by atoms with Crippen molar-refractivity contribution in [3.8, 4) is 0 Å². The Balaban J connectivity index is 1.83. The van der Waals surface area contributed by atoms with Gasteiger partial charge in [0.05, 0.1) is 6.54 Å². The third-order valence-corrected chi connectivity index (χ3v) is 4.80. The van der Waals surface area contributed by atoms with Gasteiger partial charge in [0.2, 0.25) is 0 Å². The van der Waals surface area contributed by atoms with E-state index in [0.717, 1.165) is 23.2 Å². The number of hydrogen-bond donors (Lipinski definition) is 1. The molecule has 0 atom stereocenters. The molecule has 2 N–H and O–H groups in total. The maximum atomic E-state index is 13.2. The van der Waals surface area contributed by atoms with E-state index in [-0.39, 0.29) is 5.91 Å². The quantitative estimate of drug-likeness (QED) is 0.649. The normalized spacial score (nSPS) is 12.9. The Kier molecular flexibility index (Phi) is 3.94. The van der Waals surface area contributed by atoms with Gasteiger partial charge in [0, 0.05) is 22.0 Å². The van der Waals surface area contributed by atoms with Crippen LogP contribution in [0.3, 0.4) is 0 Å². The van der Waals surface area contributed by atoms with Gasteiger partial charge in [-0.1, -0.05) is 35.9 Å². The van der Waals surface area contributed by atoms with Gasteiger partial charge < -0.3 is 10.6 Å². The summed E-state index contributed by atoms with van der Waals surface area (Å²) >= 11 is 6.20. The van der Waals surface area contributed by atoms with Crippen LogP contribution in [0.2, 0.25) is 5.02 Å². The Labute approximate surface area is 151 Å². The molecule has 0 saturated carbocycles. The molecule has 3 aromatic carbocycles. The summed E-state index contributed by atoms with van der Waals surface area (Å²) in [5.41, 5.74) is 11.3. The summed E-state index contributed by atoms with van der Waals surface area (Å²) in [5.74, 6) is -0.0414. The number of hydrogen-bond acceptors (Lipinski definition) is 2. The summed E-state index contributed by atoms with van der Waals surface area (Å²) in [6.07, 6.45) is 0.761. The molecule has 3 aromatic rings. The van der Waals surface area contributed by atoms with E-state index in [0.29, 0.717) is 22.8 Å². The lowest BCUT2D eigenvalue weighted by molar-refractivity contribution is 0.0985. The molecule has 4 heteroatoms. The molecule has 0 radical (unpaired) electrons. The first-order valence-corrected chi connectivity index (χ1v) is 8.52. The van der Waals surface area contributed by atoms with Crippen LogP contribution in [-0.4, -0.2) is 5.91 Å². The summed E-state index contributed by atoms with van der Waals surface area (Å²) in [4.78, 5) is 15.0. The molecule has 0 aliphatic carbocycles. The Hall–Kier alpha value is -2.78. The van der Waals surface area contributed by atoms with Crippen molar-refractivity contribution in [3.05, 3.63) is 94.0 Å². The first kappa shape index (κ1) is 15.7. The average molecular weight is 349 g/mol. The summed E-state index contributed by atoms with van der Waals surface area (Å²) in [6, 6.07) is 21.0. The van der Waals surface area contributed by atoms with Gasteiger partial charge in [-0.15, -0.1) is 0 Å². The number of nitrogens with two attached hydrogens (primary N) is 1. The van der Waals surface area contributed by atoms with E-state index in [9.17, 15) is 4.79 Å². The largest absolute Gasteiger partial charge is 0.399 e. The van der Waals surface area contributed by atoms with Crippen LogP contribution < -0.4 is 10.6 Å². The number of anilines is 2. The van der Waals surface area contributed by atoms with Crippen LogP contribution in [-0.2, 0) is 13.0 Å². The standard InChI is InChI=1S/C21H17ClN2O/c22-18-7-10-20-17(12-18)11-15-3-1-2-4-16(15)13-24(20)21(25)14-5-8-19(23)9-6-14/h1-10,12H,11,13,23H2. The van der Waals surface area contributed by atoms with Crippen molar-refractivity contribution in [1.82, 2.24) is 0 Å². The number of carbonyl (C=O) groups is 1. The SMILES string of the molecule is Nc1ccc(C(=O)N2Cc3ccccc3Cc3cc(Cl)ccc32)cc1. The second-order valence-corrected chi connectivity index (χ2v) is 6.67. The zero-order valence-corrected chi connectivity index (χ0v) is 14.3. The number of nitrogen functional groups attached to an aromatic ring is 1. The zero-order valence-electron chi connectivity index (χ0n) is 13.6. The molecular formula is C21H17ClN2O. The average Bonchev–Trinajstić information content (AvgIpc) is 2.77. The first-order valence-electron chi connectivity index (χ1n) is 8.14. The number of nitrogens with zero attached hydrogens (tertiary/aromatic N) is 1. The van der Waals surface area contributed by atoms with Crippen molar-refractivity contribution < 1.29 is 4.79 Å². The Morgan fingerprint density at radius 3 is 2.40 bits per heavy atom. The number of carbonyl (C=O) groups excluding carboxylic acids is 1. The van der Waals surface area contributed by atoms with Crippen molar-refractivity contribution in [1.29, 1.82) is 0 Å². The number of halogens is 1. The molecule has 0 unspecified atom stereocenters. The maximum absolute atomic E-state index is 13.2. The first-order chi connectivity index (χ1) is 12.1. The van der Waals surface area contributed by atoms with E-state index < -0.39 is 0 Å². The van der Waals surface area contributed by atoms with Crippen molar-refractivity contribution in [2.24, 2.45) is 0 Å². The van der Waals surface area contributed by atoms with E-state index >= 15 is 0 Å². The Morgan fingerprint density at radius 2 is 1.64 bits per heavy atom. The maximum Gasteiger partial charge on any atom is 0.258 e. The minimum absolute atomic E-state index is 0.0414. The highest BCUT2D eigenvalue weighted by Crippen LogP contribution is 2.33. The number of fused-ring (bicyclic) bond motifs is 2. The van der Waals surface area contributed by atoms with E-state index in [1.165, 1.54) is 5.56 Å². The number of amides is 1. The Morgan fingerprint density at radius 1 is 0.920 bits per heavy atom. The molecule has 3 nitrogen and oxygen atoms in total. The van der Waals surface area contributed by atoms with Gasteiger partial charge in [-0.25, -0.2) is 0 Å². The fourth-order valence-electron chi connectivity index (χ4n) is 3.27. The van der Waals surface area contributed by atoms with Crippen molar-refractivity contribution >= 4 is 28.9 Å². The van der Waals surface area contributed by atoms with E-state index in [2.05, 4.69) is 12.1 Å². The van der Waals surface area contributed by atoms with Gasteiger partial charge >= 0.3 is 0 Å². The third-order valence-electron chi connectivity index (χ3n) is 4.56. The lowest BCUT2D eigenvalue weighted by Crippen LogP contribution is -2.30. The van der Waals surface area contributed by atoms with Gasteiger partial charge in [0.25, 0.3) is 5.91 Å². The van der Waals surface area contributed by atoms with Crippen LogP contribution in [0.15, 0.2) is 66.7 Å². The molecule has 1 aliphatic heterocycles. The van der Waals surface area contributed by atoms with Gasteiger partial charge in [-0.05, 0) is 65.6 Å². The second-order valence-electron chi connectivity index (χ2n) is 6.23. The lowest BCUT2D eigenvalue weighted by Gasteiger charge is -2.23. The van der Waals surface area contributed by atoms with Crippen molar-refractivity contribution in [2.45, 2.75) is 13.0 Å². The summed E-state index contributed by atoms with van der Waals surface area (Å²) in [5, 5.41) is 0.679. The van der Waals surface area contributed by atoms with E-state index in [4.69, 9.17) is 17.3 Å². The molecule has 0 spiro atoms. The summed E-state index contributed by atoms with van der Waals surface area (Å²) in [7, 11) is 0. The molecule has 124 valence electrons. The molecular weight excluding hydrogens is 332 g/mol. The summed E-state index contributed by atoms with van der Waals surface area (Å²) < 4.78 is 0. The van der Waals surface area contributed by atoms with Crippen LogP contribution in [0.1, 0.15) is 27.0 Å². The van der Waals surface area contributed by atoms with Crippen LogP contribution in [0.5, 0.6) is 0 Å². The fourth-order valence-corrected chi connectivity index (χ4v) is 3.46. The van der Waals surface area contributed by atoms with Gasteiger partial charge in [0.15, 0.2) is 0 Å². The van der Waals surface area contributed by atoms with Crippen molar-refractivity contribution in [2.75, 3.05) is 10.6 Å².